The van der Waals surface area contributed by atoms with Gasteiger partial charge in [0.05, 0.1) is 12.6 Å². The minimum atomic E-state index is -1.07. The smallest absolute Gasteiger partial charge is 0.323 e. The van der Waals surface area contributed by atoms with Gasteiger partial charge in [0.2, 0.25) is 0 Å². The Morgan fingerprint density at radius 1 is 1.61 bits per heavy atom. The molecule has 1 heterocycles. The monoisotopic (exact) mass is 254 g/mol. The highest BCUT2D eigenvalue weighted by Gasteiger charge is 2.27. The summed E-state index contributed by atoms with van der Waals surface area (Å²) in [5, 5.41) is 8.75. The topological polar surface area (TPSA) is 70.1 Å². The van der Waals surface area contributed by atoms with Crippen molar-refractivity contribution in [2.45, 2.75) is 18.9 Å². The minimum Gasteiger partial charge on any atom is -0.480 e. The van der Waals surface area contributed by atoms with Gasteiger partial charge in [-0.25, -0.2) is 4.79 Å². The number of methoxy groups -OCH3 is 1. The van der Waals surface area contributed by atoms with Crippen LogP contribution < -0.4 is 0 Å². The molecule has 1 aliphatic rings. The zero-order valence-corrected chi connectivity index (χ0v) is 10.5. The number of terminal acetylenes is 1. The van der Waals surface area contributed by atoms with Crippen molar-refractivity contribution in [3.63, 3.8) is 0 Å². The van der Waals surface area contributed by atoms with Crippen LogP contribution in [0.3, 0.4) is 0 Å². The predicted molar refractivity (Wildman–Crippen MR) is 65.0 cm³/mol. The van der Waals surface area contributed by atoms with Crippen LogP contribution in [0.1, 0.15) is 12.8 Å². The van der Waals surface area contributed by atoms with Gasteiger partial charge in [-0.05, 0) is 12.8 Å². The number of carbonyl (C=O) groups is 2. The second-order valence-corrected chi connectivity index (χ2v) is 4.18. The molecule has 6 heteroatoms. The summed E-state index contributed by atoms with van der Waals surface area (Å²) in [6.45, 7) is 0.714. The van der Waals surface area contributed by atoms with Crippen molar-refractivity contribution in [2.75, 3.05) is 33.3 Å². The molecule has 6 nitrogen and oxygen atoms in total. The standard InChI is InChI=1S/C12H18N2O4/c1-3-6-13(9-11(15)16)12(17)14-7-4-5-10(8-14)18-2/h1,10H,4-9H2,2H3,(H,15,16). The molecule has 0 bridgehead atoms. The Labute approximate surface area is 106 Å². The molecular formula is C12H18N2O4. The number of amides is 2. The van der Waals surface area contributed by atoms with Gasteiger partial charge in [-0.15, -0.1) is 6.42 Å². The van der Waals surface area contributed by atoms with E-state index in [0.29, 0.717) is 13.1 Å². The van der Waals surface area contributed by atoms with Crippen molar-refractivity contribution < 1.29 is 19.4 Å². The van der Waals surface area contributed by atoms with Crippen molar-refractivity contribution in [1.82, 2.24) is 9.80 Å². The second kappa shape index (κ2) is 6.87. The Balaban J connectivity index is 2.64. The summed E-state index contributed by atoms with van der Waals surface area (Å²) in [6, 6.07) is -0.336. The van der Waals surface area contributed by atoms with Crippen LogP contribution in [0.2, 0.25) is 0 Å². The Morgan fingerprint density at radius 2 is 2.33 bits per heavy atom. The van der Waals surface area contributed by atoms with Gasteiger partial charge in [0, 0.05) is 20.2 Å². The fourth-order valence-electron chi connectivity index (χ4n) is 1.97. The molecule has 0 aromatic carbocycles. The van der Waals surface area contributed by atoms with E-state index >= 15 is 0 Å². The number of rotatable bonds is 4. The highest BCUT2D eigenvalue weighted by atomic mass is 16.5. The molecule has 0 aromatic rings. The number of hydrogen-bond acceptors (Lipinski definition) is 3. The number of urea groups is 1. The summed E-state index contributed by atoms with van der Waals surface area (Å²) in [5.74, 6) is 1.23. The molecule has 1 atom stereocenters. The molecule has 0 aromatic heterocycles. The zero-order valence-electron chi connectivity index (χ0n) is 10.5. The normalized spacial score (nSPS) is 19.1. The highest BCUT2D eigenvalue weighted by Crippen LogP contribution is 2.14. The van der Waals surface area contributed by atoms with Crippen LogP contribution in [0.5, 0.6) is 0 Å². The van der Waals surface area contributed by atoms with E-state index in [-0.39, 0.29) is 25.2 Å². The molecule has 100 valence electrons. The third-order valence-electron chi connectivity index (χ3n) is 2.86. The lowest BCUT2D eigenvalue weighted by molar-refractivity contribution is -0.137. The Hall–Kier alpha value is -1.74. The molecule has 18 heavy (non-hydrogen) atoms. The number of piperidine rings is 1. The molecule has 1 N–H and O–H groups in total. The number of carboxylic acid groups (broad SMARTS) is 1. The van der Waals surface area contributed by atoms with Crippen molar-refractivity contribution in [3.8, 4) is 12.3 Å². The van der Waals surface area contributed by atoms with E-state index in [4.69, 9.17) is 16.3 Å². The number of carbonyl (C=O) groups excluding carboxylic acids is 1. The van der Waals surface area contributed by atoms with Gasteiger partial charge in [0.1, 0.15) is 6.54 Å². The van der Waals surface area contributed by atoms with Crippen molar-refractivity contribution in [2.24, 2.45) is 0 Å². The summed E-state index contributed by atoms with van der Waals surface area (Å²) in [6.07, 6.45) is 6.92. The molecule has 0 spiro atoms. The summed E-state index contributed by atoms with van der Waals surface area (Å²) in [7, 11) is 1.61. The van der Waals surface area contributed by atoms with E-state index in [9.17, 15) is 9.59 Å². The second-order valence-electron chi connectivity index (χ2n) is 4.18. The van der Waals surface area contributed by atoms with E-state index in [2.05, 4.69) is 5.92 Å². The van der Waals surface area contributed by atoms with E-state index in [0.717, 1.165) is 17.7 Å². The van der Waals surface area contributed by atoms with E-state index in [1.807, 2.05) is 0 Å². The van der Waals surface area contributed by atoms with E-state index in [1.165, 1.54) is 0 Å². The molecule has 0 saturated carbocycles. The van der Waals surface area contributed by atoms with Gasteiger partial charge >= 0.3 is 12.0 Å². The van der Waals surface area contributed by atoms with Crippen LogP contribution in [0.25, 0.3) is 0 Å². The lowest BCUT2D eigenvalue weighted by atomic mass is 10.1. The third kappa shape index (κ3) is 3.93. The lowest BCUT2D eigenvalue weighted by Crippen LogP contribution is -2.50. The maximum atomic E-state index is 12.1. The Kier molecular flexibility index (Phi) is 5.46. The van der Waals surface area contributed by atoms with Crippen molar-refractivity contribution in [1.29, 1.82) is 0 Å². The van der Waals surface area contributed by atoms with Gasteiger partial charge < -0.3 is 19.6 Å². The van der Waals surface area contributed by atoms with Crippen LogP contribution in [0.15, 0.2) is 0 Å². The Morgan fingerprint density at radius 3 is 2.89 bits per heavy atom. The number of nitrogens with zero attached hydrogens (tertiary/aromatic N) is 2. The number of aliphatic carboxylic acids is 1. The first-order valence-corrected chi connectivity index (χ1v) is 5.80. The van der Waals surface area contributed by atoms with Crippen molar-refractivity contribution >= 4 is 12.0 Å². The average Bonchev–Trinajstić information content (AvgIpc) is 2.37. The van der Waals surface area contributed by atoms with Crippen LogP contribution in [0, 0.1) is 12.3 Å². The quantitative estimate of drug-likeness (QED) is 0.729. The first-order chi connectivity index (χ1) is 8.58. The molecule has 1 fully saturated rings. The summed E-state index contributed by atoms with van der Waals surface area (Å²) in [4.78, 5) is 25.6. The SMILES string of the molecule is C#CCN(CC(=O)O)C(=O)N1CCCC(OC)C1. The van der Waals surface area contributed by atoms with Crippen LogP contribution in [-0.4, -0.2) is 66.3 Å². The highest BCUT2D eigenvalue weighted by molar-refractivity contribution is 5.80. The number of ether oxygens (including phenoxy) is 1. The predicted octanol–water partition coefficient (Wildman–Crippen LogP) is 0.237. The molecule has 1 aliphatic heterocycles. The molecule has 1 saturated heterocycles. The van der Waals surface area contributed by atoms with Gasteiger partial charge in [-0.3, -0.25) is 4.79 Å². The fourth-order valence-corrected chi connectivity index (χ4v) is 1.97. The maximum absolute atomic E-state index is 12.1. The van der Waals surface area contributed by atoms with Crippen LogP contribution in [-0.2, 0) is 9.53 Å². The average molecular weight is 254 g/mol. The largest absolute Gasteiger partial charge is 0.480 e. The molecule has 0 radical (unpaired) electrons. The fraction of sp³-hybridized carbons (Fsp3) is 0.667. The van der Waals surface area contributed by atoms with Gasteiger partial charge in [-0.1, -0.05) is 5.92 Å². The first kappa shape index (κ1) is 14.3. The van der Waals surface area contributed by atoms with Gasteiger partial charge in [0.15, 0.2) is 0 Å². The number of likely N-dealkylation sites (tertiary alicyclic amines) is 1. The molecule has 0 aliphatic carbocycles. The van der Waals surface area contributed by atoms with Crippen molar-refractivity contribution in [3.05, 3.63) is 0 Å². The van der Waals surface area contributed by atoms with Crippen LogP contribution >= 0.6 is 0 Å². The van der Waals surface area contributed by atoms with E-state index < -0.39 is 5.97 Å². The summed E-state index contributed by atoms with van der Waals surface area (Å²) < 4.78 is 5.22. The lowest BCUT2D eigenvalue weighted by Gasteiger charge is -2.34. The molecule has 1 rings (SSSR count). The van der Waals surface area contributed by atoms with Gasteiger partial charge in [-0.2, -0.15) is 0 Å². The molecule has 1 unspecified atom stereocenters. The number of hydrogen-bond donors (Lipinski definition) is 1. The Bertz CT molecular complexity index is 350. The van der Waals surface area contributed by atoms with E-state index in [1.54, 1.807) is 12.0 Å². The summed E-state index contributed by atoms with van der Waals surface area (Å²) >= 11 is 0. The van der Waals surface area contributed by atoms with Gasteiger partial charge in [0.25, 0.3) is 0 Å². The summed E-state index contributed by atoms with van der Waals surface area (Å²) in [5.41, 5.74) is 0. The zero-order chi connectivity index (χ0) is 13.5. The van der Waals surface area contributed by atoms with Crippen LogP contribution in [0.4, 0.5) is 4.79 Å². The third-order valence-corrected chi connectivity index (χ3v) is 2.86. The first-order valence-electron chi connectivity index (χ1n) is 5.80. The molecular weight excluding hydrogens is 236 g/mol. The maximum Gasteiger partial charge on any atom is 0.323 e. The number of carboxylic acids is 1. The molecule has 2 amide bonds. The minimum absolute atomic E-state index is 0.000712.